The van der Waals surface area contributed by atoms with Crippen molar-refractivity contribution in [3.8, 4) is 0 Å². The molecule has 0 amide bonds. The molecule has 0 aliphatic heterocycles. The maximum absolute atomic E-state index is 8.88. The van der Waals surface area contributed by atoms with Gasteiger partial charge in [0.25, 0.3) is 0 Å². The van der Waals surface area contributed by atoms with E-state index in [0.717, 1.165) is 0 Å². The van der Waals surface area contributed by atoms with Gasteiger partial charge in [0.1, 0.15) is 0 Å². The summed E-state index contributed by atoms with van der Waals surface area (Å²) in [5.74, 6) is 0. The molecule has 0 fully saturated rings. The monoisotopic (exact) mass is 186 g/mol. The van der Waals surface area contributed by atoms with Crippen LogP contribution in [0.4, 0.5) is 0 Å². The summed E-state index contributed by atoms with van der Waals surface area (Å²) in [6.45, 7) is 0. The fraction of sp³-hybridized carbons (Fsp3) is 0. The number of phosphoric acid groups is 1. The molecule has 4 nitrogen and oxygen atoms in total. The van der Waals surface area contributed by atoms with Crippen molar-refractivity contribution in [3.63, 3.8) is 0 Å². The Hall–Kier alpha value is 2.23. The molecule has 0 atom stereocenters. The van der Waals surface area contributed by atoms with Crippen LogP contribution < -0.4 is 0 Å². The molecule has 0 aromatic carbocycles. The van der Waals surface area contributed by atoms with Gasteiger partial charge in [-0.25, -0.2) is 4.57 Å². The van der Waals surface area contributed by atoms with Gasteiger partial charge in [-0.1, -0.05) is 0 Å². The van der Waals surface area contributed by atoms with Gasteiger partial charge in [-0.2, -0.15) is 0 Å². The minimum absolute atomic E-state index is 0. The SMILES string of the molecule is O=P(O)(O)O.[Fe].[LiH].[NaH]. The third-order valence-corrected chi connectivity index (χ3v) is 0. The topological polar surface area (TPSA) is 77.8 Å². The second-order valence-electron chi connectivity index (χ2n) is 0.513. The van der Waals surface area contributed by atoms with Crippen molar-refractivity contribution in [1.82, 2.24) is 0 Å². The molecule has 0 heterocycles. The van der Waals surface area contributed by atoms with E-state index in [4.69, 9.17) is 19.2 Å². The summed E-state index contributed by atoms with van der Waals surface area (Å²) in [6.07, 6.45) is 0. The zero-order valence-electron chi connectivity index (χ0n) is 2.55. The minimum atomic E-state index is -4.64. The quantitative estimate of drug-likeness (QED) is 0.295. The average Bonchev–Trinajstić information content (AvgIpc) is 0.722. The Bertz CT molecular complexity index is 62.2. The molecular weight excluding hydrogens is 181 g/mol. The zero-order chi connectivity index (χ0) is 4.50. The van der Waals surface area contributed by atoms with E-state index >= 15 is 0 Å². The van der Waals surface area contributed by atoms with Crippen molar-refractivity contribution in [1.29, 1.82) is 0 Å². The van der Waals surface area contributed by atoms with E-state index in [-0.39, 0.29) is 65.5 Å². The zero-order valence-corrected chi connectivity index (χ0v) is 4.55. The van der Waals surface area contributed by atoms with Gasteiger partial charge in [-0.05, 0) is 0 Å². The molecule has 0 saturated heterocycles. The second-order valence-corrected chi connectivity index (χ2v) is 1.54. The van der Waals surface area contributed by atoms with Crippen LogP contribution in [0.25, 0.3) is 0 Å². The molecular formula is H5FeLiNaO4P. The number of hydrogen-bond acceptors (Lipinski definition) is 1. The Morgan fingerprint density at radius 3 is 1.12 bits per heavy atom. The fourth-order valence-corrected chi connectivity index (χ4v) is 0. The summed E-state index contributed by atoms with van der Waals surface area (Å²) in [5.41, 5.74) is 0. The van der Waals surface area contributed by atoms with Crippen LogP contribution >= 0.6 is 7.82 Å². The van der Waals surface area contributed by atoms with Crippen LogP contribution in [0.3, 0.4) is 0 Å². The molecule has 0 aromatic heterocycles. The normalized spacial score (nSPS) is 7.38. The van der Waals surface area contributed by atoms with Crippen LogP contribution in [0.5, 0.6) is 0 Å². The molecule has 0 bridgehead atoms. The number of rotatable bonds is 0. The molecule has 44 valence electrons. The molecule has 0 aliphatic carbocycles. The van der Waals surface area contributed by atoms with Gasteiger partial charge in [-0.15, -0.1) is 0 Å². The van der Waals surface area contributed by atoms with E-state index in [1.807, 2.05) is 0 Å². The van der Waals surface area contributed by atoms with Crippen molar-refractivity contribution in [3.05, 3.63) is 0 Å². The van der Waals surface area contributed by atoms with Crippen LogP contribution in [-0.2, 0) is 21.6 Å². The van der Waals surface area contributed by atoms with Gasteiger partial charge in [0.15, 0.2) is 0 Å². The predicted octanol–water partition coefficient (Wildman–Crippen LogP) is -2.23. The molecule has 0 spiro atoms. The molecule has 0 aliphatic rings. The molecule has 0 saturated carbocycles. The first-order valence-corrected chi connectivity index (χ1v) is 2.35. The van der Waals surface area contributed by atoms with Crippen molar-refractivity contribution in [2.75, 3.05) is 0 Å². The molecule has 0 radical (unpaired) electrons. The van der Waals surface area contributed by atoms with Gasteiger partial charge >= 0.3 is 56.2 Å². The van der Waals surface area contributed by atoms with Crippen LogP contribution in [0, 0.1) is 0 Å². The van der Waals surface area contributed by atoms with Gasteiger partial charge in [0.05, 0.1) is 0 Å². The number of hydrogen-bond donors (Lipinski definition) is 3. The summed E-state index contributed by atoms with van der Waals surface area (Å²) in [4.78, 5) is 21.6. The average molecular weight is 186 g/mol. The Kier molecular flexibility index (Phi) is 25.9. The van der Waals surface area contributed by atoms with Gasteiger partial charge in [-0.3, -0.25) is 0 Å². The molecule has 8 heavy (non-hydrogen) atoms. The molecule has 8 heteroatoms. The van der Waals surface area contributed by atoms with Crippen LogP contribution in [-0.4, -0.2) is 63.1 Å². The van der Waals surface area contributed by atoms with Gasteiger partial charge in [0.2, 0.25) is 0 Å². The van der Waals surface area contributed by atoms with E-state index in [9.17, 15) is 0 Å². The first-order valence-electron chi connectivity index (χ1n) is 0.783. The third kappa shape index (κ3) is 86.6. The van der Waals surface area contributed by atoms with E-state index in [1.165, 1.54) is 0 Å². The van der Waals surface area contributed by atoms with Gasteiger partial charge in [0, 0.05) is 17.1 Å². The Morgan fingerprint density at radius 1 is 1.12 bits per heavy atom. The van der Waals surface area contributed by atoms with E-state index in [2.05, 4.69) is 0 Å². The Balaban J connectivity index is -0.0000000267. The van der Waals surface area contributed by atoms with Crippen molar-refractivity contribution in [2.45, 2.75) is 0 Å². The Labute approximate surface area is 91.6 Å². The van der Waals surface area contributed by atoms with E-state index < -0.39 is 7.82 Å². The standard InChI is InChI=1S/Fe.Li.Na.H3O4P.2H/c;;;1-5(2,3)4;;/h;;;(H3,1,2,3,4);;. The molecule has 3 N–H and O–H groups in total. The van der Waals surface area contributed by atoms with Crippen molar-refractivity contribution >= 4 is 56.2 Å². The van der Waals surface area contributed by atoms with Crippen LogP contribution in [0.15, 0.2) is 0 Å². The van der Waals surface area contributed by atoms with Gasteiger partial charge < -0.3 is 14.7 Å². The maximum atomic E-state index is 8.88. The summed E-state index contributed by atoms with van der Waals surface area (Å²) in [7, 11) is -4.64. The fourth-order valence-electron chi connectivity index (χ4n) is 0. The molecule has 0 rings (SSSR count). The summed E-state index contributed by atoms with van der Waals surface area (Å²) < 4.78 is 8.88. The van der Waals surface area contributed by atoms with Crippen LogP contribution in [0.2, 0.25) is 0 Å². The third-order valence-electron chi connectivity index (χ3n) is 0. The van der Waals surface area contributed by atoms with Crippen molar-refractivity contribution < 1.29 is 36.3 Å². The van der Waals surface area contributed by atoms with E-state index in [1.54, 1.807) is 0 Å². The first-order chi connectivity index (χ1) is 2.00. The predicted molar refractivity (Wildman–Crippen MR) is 28.6 cm³/mol. The molecule has 0 aromatic rings. The Morgan fingerprint density at radius 2 is 1.12 bits per heavy atom. The first kappa shape index (κ1) is 22.5. The summed E-state index contributed by atoms with van der Waals surface area (Å²) >= 11 is 0. The van der Waals surface area contributed by atoms with E-state index in [0.29, 0.717) is 0 Å². The summed E-state index contributed by atoms with van der Waals surface area (Å²) in [5, 5.41) is 0. The summed E-state index contributed by atoms with van der Waals surface area (Å²) in [6, 6.07) is 0. The molecule has 0 unspecified atom stereocenters. The van der Waals surface area contributed by atoms with Crippen LogP contribution in [0.1, 0.15) is 0 Å². The van der Waals surface area contributed by atoms with Crippen molar-refractivity contribution in [2.24, 2.45) is 0 Å². The second kappa shape index (κ2) is 9.23.